The molecule has 0 bridgehead atoms. The molecule has 1 heterocycles. The summed E-state index contributed by atoms with van der Waals surface area (Å²) in [5, 5.41) is 11.7. The number of benzene rings is 1. The summed E-state index contributed by atoms with van der Waals surface area (Å²) in [5.74, 6) is -0.0320. The zero-order valence-corrected chi connectivity index (χ0v) is 14.0. The van der Waals surface area contributed by atoms with Crippen LogP contribution >= 0.6 is 0 Å². The Balaban J connectivity index is 1.91. The minimum absolute atomic E-state index is 0.152. The van der Waals surface area contributed by atoms with Crippen molar-refractivity contribution in [3.05, 3.63) is 29.8 Å². The SMILES string of the molecule is CCCOc1ccc(C(=O)NC[C@@H](C(=O)NO)N2CCCC2)cc1. The molecule has 7 nitrogen and oxygen atoms in total. The molecule has 0 unspecified atom stereocenters. The second kappa shape index (κ2) is 9.24. The highest BCUT2D eigenvalue weighted by atomic mass is 16.5. The Morgan fingerprint density at radius 1 is 1.25 bits per heavy atom. The lowest BCUT2D eigenvalue weighted by atomic mass is 10.2. The number of hydrogen-bond donors (Lipinski definition) is 3. The molecule has 0 aliphatic carbocycles. The maximum Gasteiger partial charge on any atom is 0.262 e. The van der Waals surface area contributed by atoms with E-state index in [9.17, 15) is 9.59 Å². The van der Waals surface area contributed by atoms with Crippen molar-refractivity contribution in [3.8, 4) is 5.75 Å². The minimum Gasteiger partial charge on any atom is -0.494 e. The van der Waals surface area contributed by atoms with Gasteiger partial charge in [0.2, 0.25) is 0 Å². The molecule has 0 radical (unpaired) electrons. The second-order valence-corrected chi connectivity index (χ2v) is 5.82. The molecule has 0 saturated carbocycles. The quantitative estimate of drug-likeness (QED) is 0.490. The molecule has 2 amide bonds. The molecular weight excluding hydrogens is 310 g/mol. The van der Waals surface area contributed by atoms with Crippen molar-refractivity contribution < 1.29 is 19.5 Å². The molecular formula is C17H25N3O4. The van der Waals surface area contributed by atoms with Crippen LogP contribution in [0, 0.1) is 0 Å². The summed E-state index contributed by atoms with van der Waals surface area (Å²) in [6, 6.07) is 6.33. The first kappa shape index (κ1) is 18.2. The van der Waals surface area contributed by atoms with Crippen LogP contribution in [-0.2, 0) is 4.79 Å². The van der Waals surface area contributed by atoms with E-state index < -0.39 is 11.9 Å². The second-order valence-electron chi connectivity index (χ2n) is 5.82. The number of rotatable bonds is 8. The van der Waals surface area contributed by atoms with Crippen molar-refractivity contribution in [2.45, 2.75) is 32.2 Å². The topological polar surface area (TPSA) is 90.9 Å². The van der Waals surface area contributed by atoms with Gasteiger partial charge in [0, 0.05) is 12.1 Å². The number of carbonyl (C=O) groups is 2. The molecule has 7 heteroatoms. The molecule has 2 rings (SSSR count). The fraction of sp³-hybridized carbons (Fsp3) is 0.529. The molecule has 1 aliphatic heterocycles. The van der Waals surface area contributed by atoms with Gasteiger partial charge in [-0.1, -0.05) is 6.92 Å². The normalized spacial score (nSPS) is 15.8. The third-order valence-corrected chi connectivity index (χ3v) is 4.04. The Labute approximate surface area is 141 Å². The van der Waals surface area contributed by atoms with Gasteiger partial charge in [0.05, 0.1) is 6.61 Å². The van der Waals surface area contributed by atoms with Crippen molar-refractivity contribution in [2.24, 2.45) is 0 Å². The summed E-state index contributed by atoms with van der Waals surface area (Å²) >= 11 is 0. The molecule has 1 aliphatic rings. The van der Waals surface area contributed by atoms with Gasteiger partial charge in [0.15, 0.2) is 0 Å². The van der Waals surface area contributed by atoms with Crippen LogP contribution in [-0.4, -0.2) is 54.2 Å². The first-order valence-electron chi connectivity index (χ1n) is 8.34. The summed E-state index contributed by atoms with van der Waals surface area (Å²) in [4.78, 5) is 26.0. The number of nitrogens with one attached hydrogen (secondary N) is 2. The maximum absolute atomic E-state index is 12.2. The third kappa shape index (κ3) is 4.94. The zero-order chi connectivity index (χ0) is 17.4. The largest absolute Gasteiger partial charge is 0.494 e. The summed E-state index contributed by atoms with van der Waals surface area (Å²) in [7, 11) is 0. The molecule has 132 valence electrons. The third-order valence-electron chi connectivity index (χ3n) is 4.04. The number of amides is 2. The van der Waals surface area contributed by atoms with Gasteiger partial charge in [-0.05, 0) is 56.6 Å². The Kier molecular flexibility index (Phi) is 7.02. The standard InChI is InChI=1S/C17H25N3O4/c1-2-11-24-14-7-5-13(6-8-14)16(21)18-12-15(17(22)19-23)20-9-3-4-10-20/h5-8,15,23H,2-4,9-12H2,1H3,(H,18,21)(H,19,22)/t15-/m0/s1. The van der Waals surface area contributed by atoms with E-state index in [0.29, 0.717) is 12.2 Å². The van der Waals surface area contributed by atoms with Gasteiger partial charge in [0.25, 0.3) is 11.8 Å². The molecule has 1 aromatic carbocycles. The molecule has 1 saturated heterocycles. The number of hydrogen-bond acceptors (Lipinski definition) is 5. The highest BCUT2D eigenvalue weighted by molar-refractivity contribution is 5.94. The fourth-order valence-electron chi connectivity index (χ4n) is 2.73. The van der Waals surface area contributed by atoms with Crippen LogP contribution in [0.5, 0.6) is 5.75 Å². The predicted octanol–water partition coefficient (Wildman–Crippen LogP) is 1.17. The van der Waals surface area contributed by atoms with Crippen LogP contribution < -0.4 is 15.5 Å². The summed E-state index contributed by atoms with van der Waals surface area (Å²) in [6.45, 7) is 4.40. The molecule has 0 spiro atoms. The molecule has 1 atom stereocenters. The van der Waals surface area contributed by atoms with Crippen molar-refractivity contribution in [1.29, 1.82) is 0 Å². The van der Waals surface area contributed by atoms with E-state index in [4.69, 9.17) is 9.94 Å². The number of nitrogens with zero attached hydrogens (tertiary/aromatic N) is 1. The van der Waals surface area contributed by atoms with Gasteiger partial charge in [-0.3, -0.25) is 19.7 Å². The first-order valence-corrected chi connectivity index (χ1v) is 8.34. The van der Waals surface area contributed by atoms with Crippen molar-refractivity contribution in [2.75, 3.05) is 26.2 Å². The lowest BCUT2D eigenvalue weighted by molar-refractivity contribution is -0.134. The van der Waals surface area contributed by atoms with Gasteiger partial charge in [-0.2, -0.15) is 0 Å². The molecule has 1 fully saturated rings. The van der Waals surface area contributed by atoms with Crippen LogP contribution in [0.4, 0.5) is 0 Å². The van der Waals surface area contributed by atoms with Gasteiger partial charge >= 0.3 is 0 Å². The maximum atomic E-state index is 12.2. The van der Waals surface area contributed by atoms with E-state index in [1.807, 2.05) is 11.8 Å². The Morgan fingerprint density at radius 3 is 2.50 bits per heavy atom. The number of ether oxygens (including phenoxy) is 1. The summed E-state index contributed by atoms with van der Waals surface area (Å²) in [5.41, 5.74) is 2.19. The van der Waals surface area contributed by atoms with E-state index in [1.54, 1.807) is 29.7 Å². The fourth-order valence-corrected chi connectivity index (χ4v) is 2.73. The average molecular weight is 335 g/mol. The number of hydroxylamine groups is 1. The van der Waals surface area contributed by atoms with Gasteiger partial charge < -0.3 is 10.1 Å². The zero-order valence-electron chi connectivity index (χ0n) is 14.0. The molecule has 1 aromatic rings. The van der Waals surface area contributed by atoms with Crippen LogP contribution in [0.1, 0.15) is 36.5 Å². The highest BCUT2D eigenvalue weighted by Crippen LogP contribution is 2.14. The monoisotopic (exact) mass is 335 g/mol. The molecule has 24 heavy (non-hydrogen) atoms. The first-order chi connectivity index (χ1) is 11.7. The predicted molar refractivity (Wildman–Crippen MR) is 89.1 cm³/mol. The van der Waals surface area contributed by atoms with Gasteiger partial charge in [0.1, 0.15) is 11.8 Å². The Bertz CT molecular complexity index is 541. The Hall–Kier alpha value is -2.12. The Morgan fingerprint density at radius 2 is 1.92 bits per heavy atom. The van der Waals surface area contributed by atoms with Gasteiger partial charge in [-0.15, -0.1) is 0 Å². The van der Waals surface area contributed by atoms with Gasteiger partial charge in [-0.25, -0.2) is 5.48 Å². The van der Waals surface area contributed by atoms with Crippen LogP contribution in [0.25, 0.3) is 0 Å². The molecule has 3 N–H and O–H groups in total. The lowest BCUT2D eigenvalue weighted by Gasteiger charge is -2.25. The lowest BCUT2D eigenvalue weighted by Crippen LogP contribution is -2.51. The van der Waals surface area contributed by atoms with E-state index in [1.165, 1.54) is 0 Å². The average Bonchev–Trinajstić information content (AvgIpc) is 3.14. The van der Waals surface area contributed by atoms with E-state index in [0.717, 1.165) is 38.1 Å². The summed E-state index contributed by atoms with van der Waals surface area (Å²) < 4.78 is 5.48. The smallest absolute Gasteiger partial charge is 0.262 e. The van der Waals surface area contributed by atoms with Crippen LogP contribution in [0.3, 0.4) is 0 Å². The highest BCUT2D eigenvalue weighted by Gasteiger charge is 2.28. The minimum atomic E-state index is -0.561. The van der Waals surface area contributed by atoms with E-state index >= 15 is 0 Å². The van der Waals surface area contributed by atoms with E-state index in [-0.39, 0.29) is 12.5 Å². The van der Waals surface area contributed by atoms with Crippen LogP contribution in [0.15, 0.2) is 24.3 Å². The number of likely N-dealkylation sites (tertiary alicyclic amines) is 1. The van der Waals surface area contributed by atoms with Crippen LogP contribution in [0.2, 0.25) is 0 Å². The van der Waals surface area contributed by atoms with Crippen molar-refractivity contribution >= 4 is 11.8 Å². The van der Waals surface area contributed by atoms with Crippen molar-refractivity contribution in [3.63, 3.8) is 0 Å². The van der Waals surface area contributed by atoms with E-state index in [2.05, 4.69) is 5.32 Å². The van der Waals surface area contributed by atoms with Crippen molar-refractivity contribution in [1.82, 2.24) is 15.7 Å². The molecule has 0 aromatic heterocycles. The number of carbonyl (C=O) groups excluding carboxylic acids is 2. The summed E-state index contributed by atoms with van der Waals surface area (Å²) in [6.07, 6.45) is 2.96.